The summed E-state index contributed by atoms with van der Waals surface area (Å²) in [6.07, 6.45) is -7.40. The quantitative estimate of drug-likeness (QED) is 0.503. The van der Waals surface area contributed by atoms with Crippen molar-refractivity contribution < 1.29 is 40.7 Å². The molecule has 0 saturated carbocycles. The van der Waals surface area contributed by atoms with Gasteiger partial charge in [-0.25, -0.2) is 9.29 Å². The van der Waals surface area contributed by atoms with Crippen LogP contribution in [0.15, 0.2) is 60.7 Å². The summed E-state index contributed by atoms with van der Waals surface area (Å²) in [5, 5.41) is 0. The third-order valence-corrected chi connectivity index (χ3v) is 3.99. The third kappa shape index (κ3) is 3.96. The lowest BCUT2D eigenvalue weighted by Gasteiger charge is -2.23. The minimum atomic E-state index is -6.03. The molecular formula is C19H11F6NO3. The Morgan fingerprint density at radius 1 is 0.828 bits per heavy atom. The van der Waals surface area contributed by atoms with Gasteiger partial charge in [0.05, 0.1) is 5.69 Å². The highest BCUT2D eigenvalue weighted by molar-refractivity contribution is 6.28. The Balaban J connectivity index is 1.76. The van der Waals surface area contributed by atoms with Crippen LogP contribution in [-0.4, -0.2) is 23.9 Å². The van der Waals surface area contributed by atoms with Gasteiger partial charge < -0.3 is 4.74 Å². The highest BCUT2D eigenvalue weighted by Gasteiger charge is 2.63. The number of hydrogen-bond donors (Lipinski definition) is 0. The number of anilines is 1. The number of rotatable bonds is 5. The van der Waals surface area contributed by atoms with Gasteiger partial charge in [-0.1, -0.05) is 18.2 Å². The molecule has 0 fully saturated rings. The monoisotopic (exact) mass is 415 g/mol. The number of carbonyl (C=O) groups is 2. The molecule has 0 aromatic heterocycles. The molecular weight excluding hydrogens is 404 g/mol. The van der Waals surface area contributed by atoms with Crippen LogP contribution in [-0.2, 0) is 9.59 Å². The average Bonchev–Trinajstić information content (AvgIpc) is 2.99. The fourth-order valence-electron chi connectivity index (χ4n) is 2.53. The van der Waals surface area contributed by atoms with Gasteiger partial charge in [0.15, 0.2) is 6.17 Å². The lowest BCUT2D eigenvalue weighted by Crippen LogP contribution is -2.40. The number of ether oxygens (including phenoxy) is 1. The van der Waals surface area contributed by atoms with Gasteiger partial charge in [-0.2, -0.15) is 22.0 Å². The van der Waals surface area contributed by atoms with Crippen LogP contribution in [0, 0.1) is 0 Å². The van der Waals surface area contributed by atoms with Gasteiger partial charge in [0, 0.05) is 18.2 Å². The maximum absolute atomic E-state index is 13.7. The highest BCUT2D eigenvalue weighted by atomic mass is 19.4. The Bertz CT molecular complexity index is 951. The Morgan fingerprint density at radius 3 is 1.97 bits per heavy atom. The molecule has 1 aliphatic heterocycles. The average molecular weight is 415 g/mol. The van der Waals surface area contributed by atoms with Gasteiger partial charge in [-0.3, -0.25) is 9.59 Å². The molecule has 152 valence electrons. The molecule has 0 spiro atoms. The molecule has 0 radical (unpaired) electrons. The molecule has 29 heavy (non-hydrogen) atoms. The van der Waals surface area contributed by atoms with E-state index < -0.39 is 35.6 Å². The fraction of sp³-hybridized carbons (Fsp3) is 0.158. The largest absolute Gasteiger partial charge is 0.457 e. The molecule has 2 aromatic rings. The first-order chi connectivity index (χ1) is 13.5. The van der Waals surface area contributed by atoms with Crippen molar-refractivity contribution in [2.45, 2.75) is 18.3 Å². The van der Waals surface area contributed by atoms with Crippen molar-refractivity contribution in [3.63, 3.8) is 0 Å². The van der Waals surface area contributed by atoms with Crippen molar-refractivity contribution in [3.8, 4) is 11.5 Å². The molecule has 2 aromatic carbocycles. The number of hydrogen-bond acceptors (Lipinski definition) is 3. The maximum atomic E-state index is 13.7. The van der Waals surface area contributed by atoms with Crippen LogP contribution in [0.1, 0.15) is 11.7 Å². The molecule has 1 aliphatic rings. The van der Waals surface area contributed by atoms with E-state index in [1.807, 2.05) is 0 Å². The smallest absolute Gasteiger partial charge is 0.456 e. The number of alkyl halides is 6. The molecule has 4 nitrogen and oxygen atoms in total. The fourth-order valence-corrected chi connectivity index (χ4v) is 2.53. The Hall–Kier alpha value is -3.30. The number of nitrogens with zero attached hydrogens (tertiary/aromatic N) is 1. The maximum Gasteiger partial charge on any atom is 0.456 e. The van der Waals surface area contributed by atoms with Crippen molar-refractivity contribution in [1.29, 1.82) is 0 Å². The molecule has 1 atom stereocenters. The van der Waals surface area contributed by atoms with E-state index in [1.165, 1.54) is 24.3 Å². The summed E-state index contributed by atoms with van der Waals surface area (Å²) in [5.41, 5.74) is -0.652. The second-order valence-electron chi connectivity index (χ2n) is 6.00. The van der Waals surface area contributed by atoms with Crippen molar-refractivity contribution in [1.82, 2.24) is 0 Å². The first-order valence-electron chi connectivity index (χ1n) is 8.03. The predicted octanol–water partition coefficient (Wildman–Crippen LogP) is 5.12. The molecule has 0 saturated heterocycles. The van der Waals surface area contributed by atoms with Crippen molar-refractivity contribution in [2.75, 3.05) is 4.90 Å². The van der Waals surface area contributed by atoms with Gasteiger partial charge in [-0.15, -0.1) is 0 Å². The van der Waals surface area contributed by atoms with Gasteiger partial charge >= 0.3 is 12.1 Å². The standard InChI is InChI=1S/C19H11F6NO3/c20-17(18(21,22)19(23,24)25)11-4-6-13(7-5-11)29-14-3-1-2-12(10-14)26-15(27)8-9-16(26)28/h1-10,17H. The summed E-state index contributed by atoms with van der Waals surface area (Å²) >= 11 is 0. The van der Waals surface area contributed by atoms with Crippen molar-refractivity contribution >= 4 is 17.5 Å². The first-order valence-corrected chi connectivity index (χ1v) is 8.03. The van der Waals surface area contributed by atoms with Crippen LogP contribution in [0.25, 0.3) is 0 Å². The number of imide groups is 1. The van der Waals surface area contributed by atoms with Crippen LogP contribution < -0.4 is 9.64 Å². The molecule has 2 amide bonds. The molecule has 10 heteroatoms. The lowest BCUT2D eigenvalue weighted by molar-refractivity contribution is -0.305. The van der Waals surface area contributed by atoms with Crippen LogP contribution in [0.4, 0.5) is 32.0 Å². The first kappa shape index (κ1) is 20.4. The summed E-state index contributed by atoms with van der Waals surface area (Å²) in [6.45, 7) is 0. The second kappa shape index (κ2) is 7.26. The van der Waals surface area contributed by atoms with E-state index in [-0.39, 0.29) is 17.2 Å². The minimum absolute atomic E-state index is 0.0191. The van der Waals surface area contributed by atoms with E-state index in [0.29, 0.717) is 0 Å². The SMILES string of the molecule is O=C1C=CC(=O)N1c1cccc(Oc2ccc(C(F)C(F)(F)C(F)(F)F)cc2)c1. The molecule has 0 N–H and O–H groups in total. The molecule has 0 bridgehead atoms. The van der Waals surface area contributed by atoms with Crippen LogP contribution in [0.2, 0.25) is 0 Å². The van der Waals surface area contributed by atoms with Gasteiger partial charge in [0.25, 0.3) is 11.8 Å². The third-order valence-electron chi connectivity index (χ3n) is 3.99. The lowest BCUT2D eigenvalue weighted by atomic mass is 10.0. The molecule has 1 unspecified atom stereocenters. The summed E-state index contributed by atoms with van der Waals surface area (Å²) < 4.78 is 82.2. The highest BCUT2D eigenvalue weighted by Crippen LogP contribution is 2.46. The van der Waals surface area contributed by atoms with E-state index in [4.69, 9.17) is 4.74 Å². The van der Waals surface area contributed by atoms with Gasteiger partial charge in [0.2, 0.25) is 0 Å². The normalized spacial score (nSPS) is 15.7. The van der Waals surface area contributed by atoms with Gasteiger partial charge in [0.1, 0.15) is 11.5 Å². The zero-order chi connectivity index (χ0) is 21.4. The summed E-state index contributed by atoms with van der Waals surface area (Å²) in [4.78, 5) is 24.3. The van der Waals surface area contributed by atoms with Crippen molar-refractivity contribution in [2.24, 2.45) is 0 Å². The van der Waals surface area contributed by atoms with Crippen LogP contribution in [0.5, 0.6) is 11.5 Å². The van der Waals surface area contributed by atoms with E-state index in [1.54, 1.807) is 0 Å². The summed E-state index contributed by atoms with van der Waals surface area (Å²) in [7, 11) is 0. The summed E-state index contributed by atoms with van der Waals surface area (Å²) in [6, 6.07) is 9.33. The number of halogens is 6. The Kier molecular flexibility index (Phi) is 5.12. The Morgan fingerprint density at radius 2 is 1.41 bits per heavy atom. The molecule has 3 rings (SSSR count). The number of amides is 2. The van der Waals surface area contributed by atoms with E-state index in [0.717, 1.165) is 41.3 Å². The zero-order valence-electron chi connectivity index (χ0n) is 14.3. The van der Waals surface area contributed by atoms with Crippen molar-refractivity contribution in [3.05, 3.63) is 66.2 Å². The van der Waals surface area contributed by atoms with E-state index in [9.17, 15) is 35.9 Å². The topological polar surface area (TPSA) is 46.6 Å². The second-order valence-corrected chi connectivity index (χ2v) is 6.00. The number of benzene rings is 2. The van der Waals surface area contributed by atoms with Crippen LogP contribution in [0.3, 0.4) is 0 Å². The molecule has 1 heterocycles. The van der Waals surface area contributed by atoms with Crippen LogP contribution >= 0.6 is 0 Å². The minimum Gasteiger partial charge on any atom is -0.457 e. The zero-order valence-corrected chi connectivity index (χ0v) is 14.3. The predicted molar refractivity (Wildman–Crippen MR) is 89.4 cm³/mol. The van der Waals surface area contributed by atoms with E-state index >= 15 is 0 Å². The Labute approximate surface area is 160 Å². The van der Waals surface area contributed by atoms with Gasteiger partial charge in [-0.05, 0) is 29.8 Å². The molecule has 0 aliphatic carbocycles. The summed E-state index contributed by atoms with van der Waals surface area (Å²) in [5.74, 6) is -6.45. The number of carbonyl (C=O) groups excluding carboxylic acids is 2. The van der Waals surface area contributed by atoms with E-state index in [2.05, 4.69) is 0 Å².